The maximum absolute atomic E-state index is 12.3. The fraction of sp³-hybridized carbons (Fsp3) is 0.529. The van der Waals surface area contributed by atoms with Crippen LogP contribution in [0.15, 0.2) is 24.3 Å². The fourth-order valence-corrected chi connectivity index (χ4v) is 3.75. The molecule has 1 aromatic rings. The molecule has 0 unspecified atom stereocenters. The first-order valence-corrected chi connectivity index (χ1v) is 9.67. The lowest BCUT2D eigenvalue weighted by molar-refractivity contribution is -0.132. The van der Waals surface area contributed by atoms with Gasteiger partial charge in [-0.05, 0) is 6.92 Å². The van der Waals surface area contributed by atoms with Gasteiger partial charge in [0.25, 0.3) is 10.2 Å². The summed E-state index contributed by atoms with van der Waals surface area (Å²) in [5.41, 5.74) is 1.69. The van der Waals surface area contributed by atoms with Crippen LogP contribution in [0.4, 0.5) is 0 Å². The first kappa shape index (κ1) is 19.6. The highest BCUT2D eigenvalue weighted by molar-refractivity contribution is 7.86. The molecule has 1 amide bonds. The van der Waals surface area contributed by atoms with Gasteiger partial charge in [0.05, 0.1) is 0 Å². The van der Waals surface area contributed by atoms with Crippen molar-refractivity contribution in [2.24, 2.45) is 0 Å². The summed E-state index contributed by atoms with van der Waals surface area (Å²) in [6, 6.07) is 7.29. The van der Waals surface area contributed by atoms with Gasteiger partial charge in [-0.2, -0.15) is 17.0 Å². The van der Waals surface area contributed by atoms with Crippen LogP contribution < -0.4 is 0 Å². The Morgan fingerprint density at radius 3 is 2.08 bits per heavy atom. The number of carbonyl (C=O) groups is 2. The lowest BCUT2D eigenvalue weighted by atomic mass is 10.0. The Hall–Kier alpha value is -1.77. The Morgan fingerprint density at radius 1 is 1.00 bits per heavy atom. The number of ketones is 1. The van der Waals surface area contributed by atoms with Crippen molar-refractivity contribution in [2.45, 2.75) is 19.8 Å². The van der Waals surface area contributed by atoms with E-state index in [1.54, 1.807) is 17.0 Å². The molecule has 7 nitrogen and oxygen atoms in total. The van der Waals surface area contributed by atoms with Crippen molar-refractivity contribution in [1.29, 1.82) is 0 Å². The largest absolute Gasteiger partial charge is 0.340 e. The van der Waals surface area contributed by atoms with Crippen LogP contribution in [0.3, 0.4) is 0 Å². The number of benzene rings is 1. The van der Waals surface area contributed by atoms with Crippen LogP contribution in [0.25, 0.3) is 0 Å². The highest BCUT2D eigenvalue weighted by Crippen LogP contribution is 2.13. The average Bonchev–Trinajstić information content (AvgIpc) is 2.60. The Balaban J connectivity index is 1.83. The zero-order valence-electron chi connectivity index (χ0n) is 14.9. The minimum absolute atomic E-state index is 0.0535. The molecule has 1 heterocycles. The number of Topliss-reactive ketones (excluding diaryl/α,β-unsaturated/α-hetero) is 1. The van der Waals surface area contributed by atoms with E-state index in [1.807, 2.05) is 19.1 Å². The van der Waals surface area contributed by atoms with Crippen LogP contribution >= 0.6 is 0 Å². The standard InChI is InChI=1S/C17H25N3O4S/c1-14-4-6-15(7-5-14)16(21)8-9-17(22)19-10-12-20(13-11-19)25(23,24)18(2)3/h4-7H,8-13H2,1-3H3. The van der Waals surface area contributed by atoms with Crippen LogP contribution in [0, 0.1) is 6.92 Å². The number of piperazine rings is 1. The number of nitrogens with zero attached hydrogens (tertiary/aromatic N) is 3. The molecule has 2 rings (SSSR count). The SMILES string of the molecule is Cc1ccc(C(=O)CCC(=O)N2CCN(S(=O)(=O)N(C)C)CC2)cc1. The third-order valence-electron chi connectivity index (χ3n) is 4.32. The number of amides is 1. The molecular weight excluding hydrogens is 342 g/mol. The summed E-state index contributed by atoms with van der Waals surface area (Å²) in [5.74, 6) is -0.162. The second-order valence-corrected chi connectivity index (χ2v) is 8.50. The molecule has 0 aliphatic carbocycles. The van der Waals surface area contributed by atoms with Crippen molar-refractivity contribution in [1.82, 2.24) is 13.5 Å². The van der Waals surface area contributed by atoms with Crippen molar-refractivity contribution >= 4 is 21.9 Å². The molecule has 25 heavy (non-hydrogen) atoms. The fourth-order valence-electron chi connectivity index (χ4n) is 2.66. The highest BCUT2D eigenvalue weighted by Gasteiger charge is 2.30. The summed E-state index contributed by atoms with van der Waals surface area (Å²) in [6.07, 6.45) is 0.311. The van der Waals surface area contributed by atoms with Crippen molar-refractivity contribution in [2.75, 3.05) is 40.3 Å². The lowest BCUT2D eigenvalue weighted by Crippen LogP contribution is -2.53. The molecule has 1 fully saturated rings. The molecule has 8 heteroatoms. The summed E-state index contributed by atoms with van der Waals surface area (Å²) in [4.78, 5) is 26.0. The zero-order chi connectivity index (χ0) is 18.6. The van der Waals surface area contributed by atoms with Gasteiger partial charge in [-0.15, -0.1) is 0 Å². The molecule has 138 valence electrons. The van der Waals surface area contributed by atoms with Crippen molar-refractivity contribution in [3.8, 4) is 0 Å². The Bertz CT molecular complexity index is 721. The van der Waals surface area contributed by atoms with E-state index in [4.69, 9.17) is 0 Å². The van der Waals surface area contributed by atoms with Gasteiger partial charge in [-0.25, -0.2) is 0 Å². The molecule has 0 atom stereocenters. The van der Waals surface area contributed by atoms with E-state index in [0.29, 0.717) is 18.7 Å². The minimum Gasteiger partial charge on any atom is -0.340 e. The molecule has 1 saturated heterocycles. The van der Waals surface area contributed by atoms with E-state index in [2.05, 4.69) is 0 Å². The summed E-state index contributed by atoms with van der Waals surface area (Å²) >= 11 is 0. The van der Waals surface area contributed by atoms with Crippen LogP contribution in [0.2, 0.25) is 0 Å². The number of carbonyl (C=O) groups excluding carboxylic acids is 2. The summed E-state index contributed by atoms with van der Waals surface area (Å²) in [5, 5.41) is 0. The van der Waals surface area contributed by atoms with Gasteiger partial charge in [0.15, 0.2) is 5.78 Å². The van der Waals surface area contributed by atoms with E-state index in [9.17, 15) is 18.0 Å². The van der Waals surface area contributed by atoms with Gasteiger partial charge in [0, 0.05) is 58.7 Å². The topological polar surface area (TPSA) is 78.0 Å². The first-order chi connectivity index (χ1) is 11.7. The smallest absolute Gasteiger partial charge is 0.281 e. The number of rotatable bonds is 6. The number of hydrogen-bond donors (Lipinski definition) is 0. The summed E-state index contributed by atoms with van der Waals surface area (Å²) in [7, 11) is -0.461. The van der Waals surface area contributed by atoms with Crippen molar-refractivity contribution < 1.29 is 18.0 Å². The first-order valence-electron chi connectivity index (χ1n) is 8.27. The van der Waals surface area contributed by atoms with E-state index < -0.39 is 10.2 Å². The van der Waals surface area contributed by atoms with E-state index in [-0.39, 0.29) is 37.6 Å². The highest BCUT2D eigenvalue weighted by atomic mass is 32.2. The monoisotopic (exact) mass is 367 g/mol. The molecule has 1 aromatic carbocycles. The van der Waals surface area contributed by atoms with E-state index >= 15 is 0 Å². The summed E-state index contributed by atoms with van der Waals surface area (Å²) in [6.45, 7) is 3.21. The average molecular weight is 367 g/mol. The Labute approximate surface area is 149 Å². The predicted octanol–water partition coefficient (Wildman–Crippen LogP) is 0.909. The third-order valence-corrected chi connectivity index (χ3v) is 6.26. The molecule has 0 radical (unpaired) electrons. The molecule has 0 spiro atoms. The quantitative estimate of drug-likeness (QED) is 0.700. The maximum atomic E-state index is 12.3. The van der Waals surface area contributed by atoms with Gasteiger partial charge in [-0.3, -0.25) is 9.59 Å². The molecule has 0 bridgehead atoms. The van der Waals surface area contributed by atoms with Crippen molar-refractivity contribution in [3.63, 3.8) is 0 Å². The van der Waals surface area contributed by atoms with Gasteiger partial charge >= 0.3 is 0 Å². The molecule has 0 N–H and O–H groups in total. The van der Waals surface area contributed by atoms with Gasteiger partial charge in [-0.1, -0.05) is 29.8 Å². The van der Waals surface area contributed by atoms with Gasteiger partial charge < -0.3 is 4.90 Å². The van der Waals surface area contributed by atoms with Gasteiger partial charge in [0.2, 0.25) is 5.91 Å². The summed E-state index contributed by atoms with van der Waals surface area (Å²) < 4.78 is 26.7. The van der Waals surface area contributed by atoms with Crippen LogP contribution in [0.1, 0.15) is 28.8 Å². The second kappa shape index (κ2) is 8.07. The number of aryl methyl sites for hydroxylation is 1. The normalized spacial score (nSPS) is 16.2. The molecule has 1 aliphatic heterocycles. The van der Waals surface area contributed by atoms with Crippen LogP contribution in [0.5, 0.6) is 0 Å². The molecular formula is C17H25N3O4S. The predicted molar refractivity (Wildman–Crippen MR) is 95.5 cm³/mol. The molecule has 1 aliphatic rings. The third kappa shape index (κ3) is 4.87. The minimum atomic E-state index is -3.44. The molecule has 0 saturated carbocycles. The van der Waals surface area contributed by atoms with Gasteiger partial charge in [0.1, 0.15) is 0 Å². The van der Waals surface area contributed by atoms with Crippen LogP contribution in [-0.4, -0.2) is 73.9 Å². The second-order valence-electron chi connectivity index (χ2n) is 6.36. The Kier molecular flexibility index (Phi) is 6.31. The molecule has 0 aromatic heterocycles. The van der Waals surface area contributed by atoms with E-state index in [0.717, 1.165) is 5.56 Å². The maximum Gasteiger partial charge on any atom is 0.281 e. The van der Waals surface area contributed by atoms with Crippen molar-refractivity contribution in [3.05, 3.63) is 35.4 Å². The Morgan fingerprint density at radius 2 is 1.56 bits per heavy atom. The zero-order valence-corrected chi connectivity index (χ0v) is 15.8. The lowest BCUT2D eigenvalue weighted by Gasteiger charge is -2.35. The number of hydrogen-bond acceptors (Lipinski definition) is 4. The van der Waals surface area contributed by atoms with Crippen LogP contribution in [-0.2, 0) is 15.0 Å². The van der Waals surface area contributed by atoms with E-state index in [1.165, 1.54) is 22.7 Å².